The van der Waals surface area contributed by atoms with Crippen LogP contribution in [0, 0.1) is 23.7 Å². The first-order chi connectivity index (χ1) is 8.37. The number of rotatable bonds is 4. The molecule has 4 aliphatic carbocycles. The van der Waals surface area contributed by atoms with Crippen LogP contribution >= 0.6 is 0 Å². The van der Waals surface area contributed by atoms with Gasteiger partial charge in [-0.25, -0.2) is 0 Å². The number of nitrogens with zero attached hydrogens (tertiary/aromatic N) is 1. The first-order valence-electron chi connectivity index (χ1n) is 7.89. The fourth-order valence-corrected chi connectivity index (χ4v) is 5.25. The van der Waals surface area contributed by atoms with E-state index in [1.807, 2.05) is 0 Å². The molecule has 0 saturated heterocycles. The first-order valence-corrected chi connectivity index (χ1v) is 7.89. The minimum Gasteiger partial charge on any atom is -0.389 e. The van der Waals surface area contributed by atoms with Gasteiger partial charge < -0.3 is 9.59 Å². The van der Waals surface area contributed by atoms with Crippen molar-refractivity contribution < 1.29 is 9.59 Å². The Morgan fingerprint density at radius 1 is 0.944 bits per heavy atom. The van der Waals surface area contributed by atoms with Crippen molar-refractivity contribution in [3.8, 4) is 0 Å². The lowest BCUT2D eigenvalue weighted by Crippen LogP contribution is -2.57. The average molecular weight is 252 g/mol. The second kappa shape index (κ2) is 4.21. The Hall–Kier alpha value is -0.0800. The molecule has 4 aliphatic rings. The zero-order chi connectivity index (χ0) is 13.0. The molecule has 4 fully saturated rings. The second-order valence-electron chi connectivity index (χ2n) is 8.41. The van der Waals surface area contributed by atoms with Crippen LogP contribution in [-0.2, 0) is 0 Å². The van der Waals surface area contributed by atoms with Gasteiger partial charge in [-0.2, -0.15) is 0 Å². The average Bonchev–Trinajstić information content (AvgIpc) is 2.23. The standard InChI is InChI=1S/C16H30NO/c1-17(2,3)6-4-5-16(18)14-8-12-7-13(10-14)11-15(16)9-12/h12-15,18H,4-11H2,1-3H3/q+1. The third-order valence-corrected chi connectivity index (χ3v) is 5.96. The van der Waals surface area contributed by atoms with Crippen LogP contribution in [0.5, 0.6) is 0 Å². The first kappa shape index (κ1) is 12.9. The molecular formula is C16H30NO+. The zero-order valence-electron chi connectivity index (χ0n) is 12.4. The third-order valence-electron chi connectivity index (χ3n) is 5.96. The number of quaternary nitrogens is 1. The van der Waals surface area contributed by atoms with Gasteiger partial charge in [0.2, 0.25) is 0 Å². The molecule has 4 rings (SSSR count). The summed E-state index contributed by atoms with van der Waals surface area (Å²) in [6, 6.07) is 0. The van der Waals surface area contributed by atoms with Crippen LogP contribution in [-0.4, -0.2) is 42.9 Å². The van der Waals surface area contributed by atoms with Crippen molar-refractivity contribution in [3.05, 3.63) is 0 Å². The molecular weight excluding hydrogens is 222 g/mol. The molecule has 0 atom stereocenters. The van der Waals surface area contributed by atoms with Crippen molar-refractivity contribution in [3.63, 3.8) is 0 Å². The summed E-state index contributed by atoms with van der Waals surface area (Å²) in [6.07, 6.45) is 9.02. The van der Waals surface area contributed by atoms with Crippen LogP contribution in [0.1, 0.15) is 44.9 Å². The van der Waals surface area contributed by atoms with Gasteiger partial charge in [-0.3, -0.25) is 0 Å². The fourth-order valence-electron chi connectivity index (χ4n) is 5.25. The lowest BCUT2D eigenvalue weighted by molar-refractivity contribution is -0.870. The van der Waals surface area contributed by atoms with E-state index in [4.69, 9.17) is 0 Å². The molecule has 104 valence electrons. The van der Waals surface area contributed by atoms with E-state index in [0.717, 1.165) is 22.7 Å². The smallest absolute Gasteiger partial charge is 0.0781 e. The maximum atomic E-state index is 11.2. The highest BCUT2D eigenvalue weighted by Gasteiger charge is 2.55. The highest BCUT2D eigenvalue weighted by Crippen LogP contribution is 2.59. The predicted molar refractivity (Wildman–Crippen MR) is 74.1 cm³/mol. The summed E-state index contributed by atoms with van der Waals surface area (Å²) in [6.45, 7) is 1.19. The quantitative estimate of drug-likeness (QED) is 0.763. The van der Waals surface area contributed by atoms with E-state index in [9.17, 15) is 5.11 Å². The summed E-state index contributed by atoms with van der Waals surface area (Å²) < 4.78 is 1.02. The zero-order valence-corrected chi connectivity index (χ0v) is 12.4. The minimum atomic E-state index is -0.289. The fraction of sp³-hybridized carbons (Fsp3) is 1.00. The van der Waals surface area contributed by atoms with Crippen molar-refractivity contribution >= 4 is 0 Å². The van der Waals surface area contributed by atoms with Crippen molar-refractivity contribution in [1.82, 2.24) is 0 Å². The molecule has 4 bridgehead atoms. The van der Waals surface area contributed by atoms with Crippen molar-refractivity contribution in [2.45, 2.75) is 50.5 Å². The molecule has 0 aromatic heterocycles. The van der Waals surface area contributed by atoms with E-state index in [0.29, 0.717) is 11.8 Å². The van der Waals surface area contributed by atoms with Crippen LogP contribution in [0.15, 0.2) is 0 Å². The molecule has 0 aliphatic heterocycles. The molecule has 0 unspecified atom stereocenters. The maximum Gasteiger partial charge on any atom is 0.0781 e. The lowest BCUT2D eigenvalue weighted by atomic mass is 9.49. The number of hydrogen-bond acceptors (Lipinski definition) is 1. The molecule has 0 aromatic rings. The summed E-state index contributed by atoms with van der Waals surface area (Å²) in [7, 11) is 6.75. The molecule has 0 aromatic carbocycles. The van der Waals surface area contributed by atoms with Crippen molar-refractivity contribution in [2.75, 3.05) is 27.7 Å². The van der Waals surface area contributed by atoms with Gasteiger partial charge >= 0.3 is 0 Å². The molecule has 18 heavy (non-hydrogen) atoms. The molecule has 0 spiro atoms. The Kier molecular flexibility index (Phi) is 3.02. The molecule has 2 nitrogen and oxygen atoms in total. The normalized spacial score (nSPS) is 46.7. The van der Waals surface area contributed by atoms with Crippen molar-refractivity contribution in [2.24, 2.45) is 23.7 Å². The van der Waals surface area contributed by atoms with Crippen LogP contribution in [0.25, 0.3) is 0 Å². The van der Waals surface area contributed by atoms with E-state index in [1.54, 1.807) is 0 Å². The summed E-state index contributed by atoms with van der Waals surface area (Å²) in [4.78, 5) is 0. The Labute approximate surface area is 112 Å². The third kappa shape index (κ3) is 2.22. The van der Waals surface area contributed by atoms with Gasteiger partial charge in [-0.15, -0.1) is 0 Å². The monoisotopic (exact) mass is 252 g/mol. The summed E-state index contributed by atoms with van der Waals surface area (Å²) in [5.41, 5.74) is -0.289. The number of aliphatic hydroxyl groups is 1. The summed E-state index contributed by atoms with van der Waals surface area (Å²) >= 11 is 0. The van der Waals surface area contributed by atoms with Gasteiger partial charge in [0.05, 0.1) is 33.3 Å². The Balaban J connectivity index is 1.63. The van der Waals surface area contributed by atoms with E-state index in [2.05, 4.69) is 21.1 Å². The largest absolute Gasteiger partial charge is 0.389 e. The Morgan fingerprint density at radius 2 is 1.44 bits per heavy atom. The minimum absolute atomic E-state index is 0.289. The van der Waals surface area contributed by atoms with Gasteiger partial charge in [-0.05, 0) is 68.6 Å². The second-order valence-corrected chi connectivity index (χ2v) is 8.41. The molecule has 0 heterocycles. The van der Waals surface area contributed by atoms with Gasteiger partial charge in [0, 0.05) is 0 Å². The van der Waals surface area contributed by atoms with E-state index >= 15 is 0 Å². The Bertz CT molecular complexity index is 290. The highest BCUT2D eigenvalue weighted by atomic mass is 16.3. The molecule has 0 radical (unpaired) electrons. The van der Waals surface area contributed by atoms with Crippen LogP contribution < -0.4 is 0 Å². The summed E-state index contributed by atoms with van der Waals surface area (Å²) in [5.74, 6) is 3.21. The topological polar surface area (TPSA) is 20.2 Å². The van der Waals surface area contributed by atoms with Gasteiger partial charge in [-0.1, -0.05) is 0 Å². The molecule has 1 N–H and O–H groups in total. The molecule has 0 amide bonds. The molecule has 4 saturated carbocycles. The van der Waals surface area contributed by atoms with E-state index < -0.39 is 0 Å². The van der Waals surface area contributed by atoms with E-state index in [1.165, 1.54) is 45.1 Å². The molecule has 2 heteroatoms. The van der Waals surface area contributed by atoms with Crippen LogP contribution in [0.2, 0.25) is 0 Å². The summed E-state index contributed by atoms with van der Waals surface area (Å²) in [5, 5.41) is 11.2. The van der Waals surface area contributed by atoms with Gasteiger partial charge in [0.15, 0.2) is 0 Å². The predicted octanol–water partition coefficient (Wildman–Crippen LogP) is 2.66. The van der Waals surface area contributed by atoms with Crippen LogP contribution in [0.4, 0.5) is 0 Å². The lowest BCUT2D eigenvalue weighted by Gasteiger charge is -2.59. The Morgan fingerprint density at radius 3 is 1.89 bits per heavy atom. The van der Waals surface area contributed by atoms with Gasteiger partial charge in [0.25, 0.3) is 0 Å². The van der Waals surface area contributed by atoms with Crippen molar-refractivity contribution in [1.29, 1.82) is 0 Å². The highest BCUT2D eigenvalue weighted by molar-refractivity contribution is 5.06. The van der Waals surface area contributed by atoms with Crippen LogP contribution in [0.3, 0.4) is 0 Å². The van der Waals surface area contributed by atoms with E-state index in [-0.39, 0.29) is 5.60 Å². The SMILES string of the molecule is C[N+](C)(C)CCCC1(O)C2CC3CC(C2)CC1C3. The maximum absolute atomic E-state index is 11.2. The van der Waals surface area contributed by atoms with Gasteiger partial charge in [0.1, 0.15) is 0 Å². The number of hydrogen-bond donors (Lipinski definition) is 1.